The van der Waals surface area contributed by atoms with E-state index in [0.717, 1.165) is 12.3 Å². The van der Waals surface area contributed by atoms with Gasteiger partial charge in [0.15, 0.2) is 17.5 Å². The van der Waals surface area contributed by atoms with Crippen molar-refractivity contribution in [2.45, 2.75) is 51.8 Å². The molecule has 5 heterocycles. The molecule has 5 N–H and O–H groups in total. The summed E-state index contributed by atoms with van der Waals surface area (Å²) in [4.78, 5) is 67.4. The van der Waals surface area contributed by atoms with E-state index < -0.39 is 47.5 Å². The highest BCUT2D eigenvalue weighted by atomic mass is 35.5. The van der Waals surface area contributed by atoms with Crippen molar-refractivity contribution in [3.05, 3.63) is 75.8 Å². The van der Waals surface area contributed by atoms with Crippen molar-refractivity contribution in [3.63, 3.8) is 0 Å². The first-order valence-corrected chi connectivity index (χ1v) is 18.0. The highest BCUT2D eigenvalue weighted by Crippen LogP contribution is 2.36. The molecule has 6 rings (SSSR count). The van der Waals surface area contributed by atoms with Crippen LogP contribution >= 0.6 is 11.6 Å². The maximum absolute atomic E-state index is 14.1. The number of nitrogen functional groups attached to an aromatic ring is 1. The maximum Gasteiger partial charge on any atom is 0.433 e. The van der Waals surface area contributed by atoms with Crippen LogP contribution in [0.4, 0.5) is 33.9 Å². The lowest BCUT2D eigenvalue weighted by atomic mass is 9.95. The number of imidazole rings is 1. The quantitative estimate of drug-likeness (QED) is 0.178. The van der Waals surface area contributed by atoms with E-state index in [0.29, 0.717) is 39.0 Å². The fraction of sp³-hybridized carbons (Fsp3) is 0.417. The molecule has 4 aromatic rings. The van der Waals surface area contributed by atoms with Crippen LogP contribution in [-0.2, 0) is 22.1 Å². The van der Waals surface area contributed by atoms with Crippen LogP contribution in [0.15, 0.2) is 36.7 Å². The van der Waals surface area contributed by atoms with Crippen LogP contribution in [0.5, 0.6) is 0 Å². The molecule has 0 radical (unpaired) electrons. The van der Waals surface area contributed by atoms with E-state index >= 15 is 0 Å². The highest BCUT2D eigenvalue weighted by molar-refractivity contribution is 6.34. The number of alkyl halides is 3. The summed E-state index contributed by atoms with van der Waals surface area (Å²) < 4.78 is 61.1. The molecule has 56 heavy (non-hydrogen) atoms. The van der Waals surface area contributed by atoms with E-state index in [1.807, 2.05) is 5.10 Å². The van der Waals surface area contributed by atoms with E-state index in [9.17, 15) is 36.7 Å². The van der Waals surface area contributed by atoms with Crippen molar-refractivity contribution < 1.29 is 41.5 Å². The minimum atomic E-state index is -4.83. The van der Waals surface area contributed by atoms with Gasteiger partial charge in [-0.15, -0.1) is 0 Å². The predicted octanol–water partition coefficient (Wildman–Crippen LogP) is 5.36. The van der Waals surface area contributed by atoms with Gasteiger partial charge in [-0.2, -0.15) is 18.3 Å². The molecule has 3 aromatic heterocycles. The Morgan fingerprint density at radius 3 is 2.27 bits per heavy atom. The number of anilines is 2. The Labute approximate surface area is 322 Å². The number of amides is 4. The fourth-order valence-corrected chi connectivity index (χ4v) is 6.76. The van der Waals surface area contributed by atoms with Gasteiger partial charge in [0, 0.05) is 86.5 Å². The van der Waals surface area contributed by atoms with Crippen LogP contribution in [0.3, 0.4) is 0 Å². The van der Waals surface area contributed by atoms with Gasteiger partial charge < -0.3 is 35.5 Å². The minimum Gasteiger partial charge on any atom is -0.444 e. The van der Waals surface area contributed by atoms with E-state index in [1.54, 1.807) is 35.5 Å². The topological polar surface area (TPSA) is 196 Å². The standard InChI is InChI=1S/C36H39ClF4N10O5/c1-35(2,3)56-34(55)51-8-6-19(7-9-51)32(53)49-10-12-50(13-11-49)33(54)23-5-4-21(16-25(23)37)46-31(52)30-44-18-22(45-30)15-24-27(47-48-28(24)36(39,40)41)20-14-26(38)29(42)43-17-20/h4-5,14,16-19H,6-13,15H2,1-3H3,(H2,42,43)(H,44,45)(H,46,52)(H,47,48). The molecule has 2 aliphatic rings. The van der Waals surface area contributed by atoms with Gasteiger partial charge in [-0.05, 0) is 57.9 Å². The van der Waals surface area contributed by atoms with Crippen molar-refractivity contribution in [1.29, 1.82) is 0 Å². The number of carbonyl (C=O) groups is 4. The summed E-state index contributed by atoms with van der Waals surface area (Å²) in [6.07, 6.45) is -2.29. The second-order valence-corrected chi connectivity index (χ2v) is 14.9. The number of ether oxygens (including phenoxy) is 1. The lowest BCUT2D eigenvalue weighted by Gasteiger charge is -2.38. The fourth-order valence-electron chi connectivity index (χ4n) is 6.49. The van der Waals surface area contributed by atoms with Crippen molar-refractivity contribution in [2.75, 3.05) is 50.3 Å². The van der Waals surface area contributed by atoms with Gasteiger partial charge in [-0.1, -0.05) is 11.6 Å². The number of piperazine rings is 1. The number of nitrogens with two attached hydrogens (primary N) is 1. The molecule has 0 unspecified atom stereocenters. The third-order valence-corrected chi connectivity index (χ3v) is 9.65. The summed E-state index contributed by atoms with van der Waals surface area (Å²) in [5, 5.41) is 8.35. The van der Waals surface area contributed by atoms with E-state index in [-0.39, 0.29) is 75.4 Å². The molecule has 0 saturated carbocycles. The molecule has 1 aromatic carbocycles. The Hall–Kier alpha value is -5.72. The number of likely N-dealkylation sites (tertiary alicyclic amines) is 1. The highest BCUT2D eigenvalue weighted by Gasteiger charge is 2.38. The molecule has 2 saturated heterocycles. The Kier molecular flexibility index (Phi) is 11.3. The zero-order valence-electron chi connectivity index (χ0n) is 30.6. The van der Waals surface area contributed by atoms with E-state index in [1.165, 1.54) is 24.4 Å². The predicted molar refractivity (Wildman–Crippen MR) is 195 cm³/mol. The van der Waals surface area contributed by atoms with Crippen molar-refractivity contribution >= 4 is 46.9 Å². The lowest BCUT2D eigenvalue weighted by molar-refractivity contribution is -0.141. The second kappa shape index (κ2) is 15.8. The molecular formula is C36H39ClF4N10O5. The average Bonchev–Trinajstić information content (AvgIpc) is 3.80. The van der Waals surface area contributed by atoms with Gasteiger partial charge >= 0.3 is 12.3 Å². The molecule has 298 valence electrons. The van der Waals surface area contributed by atoms with Gasteiger partial charge in [0.05, 0.1) is 16.3 Å². The van der Waals surface area contributed by atoms with E-state index in [2.05, 4.69) is 25.4 Å². The van der Waals surface area contributed by atoms with Gasteiger partial charge in [-0.25, -0.2) is 19.2 Å². The summed E-state index contributed by atoms with van der Waals surface area (Å²) >= 11 is 6.48. The number of halogens is 5. The SMILES string of the molecule is CC(C)(C)OC(=O)N1CCC(C(=O)N2CCN(C(=O)c3ccc(NC(=O)c4ncc(Cc5c(-c6cnc(N)c(F)c6)n[nH]c5C(F)(F)F)[nH]4)cc3Cl)CC2)CC1. The number of piperidine rings is 1. The second-order valence-electron chi connectivity index (χ2n) is 14.5. The monoisotopic (exact) mass is 802 g/mol. The van der Waals surface area contributed by atoms with Crippen LogP contribution in [0.1, 0.15) is 71.5 Å². The normalized spacial score (nSPS) is 15.5. The number of aromatic amines is 2. The zero-order valence-corrected chi connectivity index (χ0v) is 31.4. The van der Waals surface area contributed by atoms with E-state index in [4.69, 9.17) is 22.1 Å². The third-order valence-electron chi connectivity index (χ3n) is 9.34. The number of nitrogens with one attached hydrogen (secondary N) is 3. The van der Waals surface area contributed by atoms with Gasteiger partial charge in [0.25, 0.3) is 11.8 Å². The first-order valence-electron chi connectivity index (χ1n) is 17.6. The number of benzene rings is 1. The Morgan fingerprint density at radius 2 is 1.64 bits per heavy atom. The molecule has 2 aliphatic heterocycles. The summed E-state index contributed by atoms with van der Waals surface area (Å²) in [6.45, 7) is 7.51. The molecule has 20 heteroatoms. The molecule has 0 bridgehead atoms. The molecule has 0 spiro atoms. The number of hydrogen-bond acceptors (Lipinski definition) is 9. The van der Waals surface area contributed by atoms with Crippen molar-refractivity contribution in [1.82, 2.24) is 39.8 Å². The molecular weight excluding hydrogens is 764 g/mol. The van der Waals surface area contributed by atoms with Crippen molar-refractivity contribution in [2.24, 2.45) is 5.92 Å². The summed E-state index contributed by atoms with van der Waals surface area (Å²) in [5.74, 6) is -2.90. The van der Waals surface area contributed by atoms with Gasteiger partial charge in [0.2, 0.25) is 5.91 Å². The van der Waals surface area contributed by atoms with Crippen LogP contribution < -0.4 is 11.1 Å². The summed E-state index contributed by atoms with van der Waals surface area (Å²) in [7, 11) is 0. The Bertz CT molecular complexity index is 2130. The molecule has 0 atom stereocenters. The maximum atomic E-state index is 14.1. The average molecular weight is 803 g/mol. The molecule has 4 amide bonds. The first kappa shape index (κ1) is 40.0. The summed E-state index contributed by atoms with van der Waals surface area (Å²) in [5.41, 5.74) is 3.58. The number of rotatable bonds is 7. The van der Waals surface area contributed by atoms with Crippen LogP contribution in [0.25, 0.3) is 11.3 Å². The smallest absolute Gasteiger partial charge is 0.433 e. The van der Waals surface area contributed by atoms with Crippen LogP contribution in [-0.4, -0.2) is 109 Å². The van der Waals surface area contributed by atoms with Crippen molar-refractivity contribution in [3.8, 4) is 11.3 Å². The minimum absolute atomic E-state index is 0.00701. The Balaban J connectivity index is 1.03. The number of nitrogens with zero attached hydrogens (tertiary/aromatic N) is 6. The van der Waals surface area contributed by atoms with Crippen LogP contribution in [0, 0.1) is 11.7 Å². The Morgan fingerprint density at radius 1 is 0.964 bits per heavy atom. The zero-order chi connectivity index (χ0) is 40.5. The van der Waals surface area contributed by atoms with Gasteiger partial charge in [-0.3, -0.25) is 19.5 Å². The van der Waals surface area contributed by atoms with Gasteiger partial charge in [0.1, 0.15) is 11.3 Å². The van der Waals surface area contributed by atoms with Crippen LogP contribution in [0.2, 0.25) is 5.02 Å². The number of carbonyl (C=O) groups excluding carboxylic acids is 4. The number of hydrogen-bond donors (Lipinski definition) is 4. The number of aromatic nitrogens is 5. The summed E-state index contributed by atoms with van der Waals surface area (Å²) in [6, 6.07) is 5.23. The molecule has 0 aliphatic carbocycles. The molecule has 2 fully saturated rings. The lowest BCUT2D eigenvalue weighted by Crippen LogP contribution is -2.53. The molecule has 15 nitrogen and oxygen atoms in total. The number of pyridine rings is 1. The third kappa shape index (κ3) is 9.04. The largest absolute Gasteiger partial charge is 0.444 e. The number of H-pyrrole nitrogens is 2. The first-order chi connectivity index (χ1) is 26.4.